The van der Waals surface area contributed by atoms with Crippen LogP contribution in [0.2, 0.25) is 0 Å². The molecule has 0 spiro atoms. The van der Waals surface area contributed by atoms with E-state index >= 15 is 0 Å². The first-order chi connectivity index (χ1) is 11.1. The highest BCUT2D eigenvalue weighted by molar-refractivity contribution is 6.04. The van der Waals surface area contributed by atoms with Crippen molar-refractivity contribution in [1.82, 2.24) is 19.8 Å². The van der Waals surface area contributed by atoms with E-state index in [0.29, 0.717) is 31.8 Å². The van der Waals surface area contributed by atoms with Gasteiger partial charge in [0, 0.05) is 51.2 Å². The molecule has 2 aliphatic heterocycles. The summed E-state index contributed by atoms with van der Waals surface area (Å²) in [5.41, 5.74) is 0. The lowest BCUT2D eigenvalue weighted by molar-refractivity contribution is -0.146. The van der Waals surface area contributed by atoms with Crippen molar-refractivity contribution in [2.45, 2.75) is 31.8 Å². The first-order valence-electron chi connectivity index (χ1n) is 7.67. The monoisotopic (exact) mass is 318 g/mol. The van der Waals surface area contributed by atoms with E-state index in [-0.39, 0.29) is 43.2 Å². The molecule has 0 radical (unpaired) electrons. The van der Waals surface area contributed by atoms with Crippen molar-refractivity contribution < 1.29 is 19.1 Å². The van der Waals surface area contributed by atoms with Gasteiger partial charge in [-0.15, -0.1) is 0 Å². The molecule has 8 heteroatoms. The molecule has 0 aromatic carbocycles. The zero-order chi connectivity index (χ0) is 16.2. The maximum absolute atomic E-state index is 12.2. The number of rotatable bonds is 4. The first kappa shape index (κ1) is 15.4. The minimum Gasteiger partial charge on any atom is -0.473 e. The molecular weight excluding hydrogens is 300 g/mol. The first-order valence-corrected chi connectivity index (χ1v) is 7.67. The van der Waals surface area contributed by atoms with Crippen LogP contribution in [0, 0.1) is 0 Å². The molecule has 0 saturated carbocycles. The molecule has 23 heavy (non-hydrogen) atoms. The zero-order valence-corrected chi connectivity index (χ0v) is 12.7. The van der Waals surface area contributed by atoms with Gasteiger partial charge in [0.25, 0.3) is 0 Å². The Kier molecular flexibility index (Phi) is 4.50. The van der Waals surface area contributed by atoms with Gasteiger partial charge in [-0.2, -0.15) is 0 Å². The largest absolute Gasteiger partial charge is 0.473 e. The number of carbonyl (C=O) groups is 3. The van der Waals surface area contributed by atoms with Crippen LogP contribution < -0.4 is 4.74 Å². The summed E-state index contributed by atoms with van der Waals surface area (Å²) in [5.74, 6) is -0.231. The minimum absolute atomic E-state index is 0.00852. The van der Waals surface area contributed by atoms with E-state index in [1.807, 2.05) is 0 Å². The van der Waals surface area contributed by atoms with Crippen LogP contribution in [0.15, 0.2) is 18.6 Å². The maximum Gasteiger partial charge on any atom is 0.242 e. The van der Waals surface area contributed by atoms with E-state index < -0.39 is 0 Å². The van der Waals surface area contributed by atoms with Crippen LogP contribution in [-0.4, -0.2) is 63.2 Å². The highest BCUT2D eigenvalue weighted by atomic mass is 16.5. The molecule has 0 unspecified atom stereocenters. The van der Waals surface area contributed by atoms with Gasteiger partial charge < -0.3 is 9.64 Å². The molecule has 122 valence electrons. The summed E-state index contributed by atoms with van der Waals surface area (Å²) in [7, 11) is 0. The second-order valence-corrected chi connectivity index (χ2v) is 5.62. The maximum atomic E-state index is 12.2. The number of hydrogen-bond donors (Lipinski definition) is 0. The van der Waals surface area contributed by atoms with Crippen LogP contribution in [0.3, 0.4) is 0 Å². The third-order valence-corrected chi connectivity index (χ3v) is 4.07. The second kappa shape index (κ2) is 6.72. The smallest absolute Gasteiger partial charge is 0.242 e. The number of imide groups is 1. The molecule has 3 heterocycles. The SMILES string of the molecule is O=C(CN1C(=O)CCC1=O)N1CCC(Oc2cnccn2)CC1. The molecule has 0 atom stereocenters. The van der Waals surface area contributed by atoms with E-state index in [9.17, 15) is 14.4 Å². The number of aromatic nitrogens is 2. The van der Waals surface area contributed by atoms with Crippen molar-refractivity contribution >= 4 is 17.7 Å². The summed E-state index contributed by atoms with van der Waals surface area (Å²) < 4.78 is 5.72. The Labute approximate surface area is 133 Å². The molecule has 0 N–H and O–H groups in total. The zero-order valence-electron chi connectivity index (χ0n) is 12.7. The number of ether oxygens (including phenoxy) is 1. The second-order valence-electron chi connectivity index (χ2n) is 5.62. The van der Waals surface area contributed by atoms with Crippen LogP contribution in [-0.2, 0) is 14.4 Å². The number of nitrogens with zero attached hydrogens (tertiary/aromatic N) is 4. The van der Waals surface area contributed by atoms with Crippen LogP contribution in [0.25, 0.3) is 0 Å². The average molecular weight is 318 g/mol. The highest BCUT2D eigenvalue weighted by Crippen LogP contribution is 2.17. The highest BCUT2D eigenvalue weighted by Gasteiger charge is 2.33. The molecule has 1 aromatic rings. The van der Waals surface area contributed by atoms with Crippen LogP contribution in [0.5, 0.6) is 5.88 Å². The molecule has 3 amide bonds. The van der Waals surface area contributed by atoms with Crippen LogP contribution >= 0.6 is 0 Å². The van der Waals surface area contributed by atoms with Gasteiger partial charge in [0.1, 0.15) is 12.6 Å². The topological polar surface area (TPSA) is 92.7 Å². The molecule has 0 aliphatic carbocycles. The Balaban J connectivity index is 1.48. The van der Waals surface area contributed by atoms with E-state index in [0.717, 1.165) is 4.90 Å². The summed E-state index contributed by atoms with van der Waals surface area (Å²) in [6.07, 6.45) is 6.48. The molecule has 2 saturated heterocycles. The van der Waals surface area contributed by atoms with Crippen molar-refractivity contribution in [3.05, 3.63) is 18.6 Å². The fourth-order valence-electron chi connectivity index (χ4n) is 2.77. The quantitative estimate of drug-likeness (QED) is 0.725. The van der Waals surface area contributed by atoms with Gasteiger partial charge in [-0.25, -0.2) is 4.98 Å². The standard InChI is InChI=1S/C15H18N4O4/c20-13-1-2-14(21)19(13)10-15(22)18-7-3-11(4-8-18)23-12-9-16-5-6-17-12/h5-6,9,11H,1-4,7-8,10H2. The van der Waals surface area contributed by atoms with E-state index in [1.165, 1.54) is 0 Å². The fourth-order valence-corrected chi connectivity index (χ4v) is 2.77. The van der Waals surface area contributed by atoms with Crippen molar-refractivity contribution in [3.63, 3.8) is 0 Å². The summed E-state index contributed by atoms with van der Waals surface area (Å²) in [5, 5.41) is 0. The molecule has 2 aliphatic rings. The number of hydrogen-bond acceptors (Lipinski definition) is 6. The third kappa shape index (κ3) is 3.64. The molecule has 1 aromatic heterocycles. The van der Waals surface area contributed by atoms with E-state index in [2.05, 4.69) is 9.97 Å². The van der Waals surface area contributed by atoms with Gasteiger partial charge >= 0.3 is 0 Å². The number of likely N-dealkylation sites (tertiary alicyclic amines) is 2. The lowest BCUT2D eigenvalue weighted by Crippen LogP contribution is -2.47. The summed E-state index contributed by atoms with van der Waals surface area (Å²) in [6.45, 7) is 0.938. The van der Waals surface area contributed by atoms with Crippen LogP contribution in [0.4, 0.5) is 0 Å². The number of amides is 3. The Morgan fingerprint density at radius 3 is 2.48 bits per heavy atom. The van der Waals surface area contributed by atoms with Gasteiger partial charge in [-0.3, -0.25) is 24.3 Å². The lowest BCUT2D eigenvalue weighted by atomic mass is 10.1. The molecular formula is C15H18N4O4. The van der Waals surface area contributed by atoms with Crippen molar-refractivity contribution in [2.75, 3.05) is 19.6 Å². The van der Waals surface area contributed by atoms with Crippen molar-refractivity contribution in [3.8, 4) is 5.88 Å². The van der Waals surface area contributed by atoms with Gasteiger partial charge in [-0.1, -0.05) is 0 Å². The lowest BCUT2D eigenvalue weighted by Gasteiger charge is -2.32. The Morgan fingerprint density at radius 1 is 1.17 bits per heavy atom. The molecule has 0 bridgehead atoms. The van der Waals surface area contributed by atoms with Crippen molar-refractivity contribution in [2.24, 2.45) is 0 Å². The fraction of sp³-hybridized carbons (Fsp3) is 0.533. The Morgan fingerprint density at radius 2 is 1.87 bits per heavy atom. The molecule has 3 rings (SSSR count). The normalized spacial score (nSPS) is 19.3. The Bertz CT molecular complexity index is 583. The van der Waals surface area contributed by atoms with E-state index in [4.69, 9.17) is 4.74 Å². The van der Waals surface area contributed by atoms with Gasteiger partial charge in [0.05, 0.1) is 6.20 Å². The predicted octanol–water partition coefficient (Wildman–Crippen LogP) is -0.00460. The van der Waals surface area contributed by atoms with Crippen molar-refractivity contribution in [1.29, 1.82) is 0 Å². The van der Waals surface area contributed by atoms with Gasteiger partial charge in [0.15, 0.2) is 0 Å². The number of carbonyl (C=O) groups excluding carboxylic acids is 3. The average Bonchev–Trinajstić information content (AvgIpc) is 2.88. The summed E-state index contributed by atoms with van der Waals surface area (Å²) in [6, 6.07) is 0. The minimum atomic E-state index is -0.260. The summed E-state index contributed by atoms with van der Waals surface area (Å²) in [4.78, 5) is 46.1. The number of piperidine rings is 1. The molecule has 2 fully saturated rings. The van der Waals surface area contributed by atoms with E-state index in [1.54, 1.807) is 23.5 Å². The molecule has 8 nitrogen and oxygen atoms in total. The van der Waals surface area contributed by atoms with Crippen LogP contribution in [0.1, 0.15) is 25.7 Å². The Hall–Kier alpha value is -2.51. The summed E-state index contributed by atoms with van der Waals surface area (Å²) >= 11 is 0. The predicted molar refractivity (Wildman–Crippen MR) is 78.2 cm³/mol. The van der Waals surface area contributed by atoms with Gasteiger partial charge in [0.2, 0.25) is 23.6 Å². The third-order valence-electron chi connectivity index (χ3n) is 4.07. The van der Waals surface area contributed by atoms with Gasteiger partial charge in [-0.05, 0) is 0 Å².